The Balaban J connectivity index is 1.77. The first kappa shape index (κ1) is 13.4. The van der Waals surface area contributed by atoms with Crippen molar-refractivity contribution in [2.45, 2.75) is 52.2 Å². The SMILES string of the molecule is CCn1cc(CN2CCCCC2c2[nH]ncc2C)cn1. The third kappa shape index (κ3) is 2.63. The van der Waals surface area contributed by atoms with Crippen LogP contribution in [0.25, 0.3) is 0 Å². The number of nitrogens with one attached hydrogen (secondary N) is 1. The molecule has 1 fully saturated rings. The molecule has 0 aromatic carbocycles. The van der Waals surface area contributed by atoms with Crippen LogP contribution in [0.5, 0.6) is 0 Å². The summed E-state index contributed by atoms with van der Waals surface area (Å²) in [5.74, 6) is 0. The number of piperidine rings is 1. The van der Waals surface area contributed by atoms with Gasteiger partial charge in [0.15, 0.2) is 0 Å². The Morgan fingerprint density at radius 3 is 2.95 bits per heavy atom. The van der Waals surface area contributed by atoms with E-state index in [9.17, 15) is 0 Å². The van der Waals surface area contributed by atoms with Gasteiger partial charge in [0.2, 0.25) is 0 Å². The molecule has 5 nitrogen and oxygen atoms in total. The number of aromatic nitrogens is 4. The van der Waals surface area contributed by atoms with Crippen molar-refractivity contribution in [2.24, 2.45) is 0 Å². The van der Waals surface area contributed by atoms with Crippen LogP contribution in [0.3, 0.4) is 0 Å². The van der Waals surface area contributed by atoms with Crippen molar-refractivity contribution in [3.8, 4) is 0 Å². The molecule has 3 rings (SSSR count). The summed E-state index contributed by atoms with van der Waals surface area (Å²) < 4.78 is 2.00. The highest BCUT2D eigenvalue weighted by molar-refractivity contribution is 5.19. The molecule has 2 aromatic heterocycles. The van der Waals surface area contributed by atoms with Gasteiger partial charge >= 0.3 is 0 Å². The lowest BCUT2D eigenvalue weighted by Gasteiger charge is -2.35. The molecule has 0 radical (unpaired) electrons. The van der Waals surface area contributed by atoms with Crippen LogP contribution in [0.2, 0.25) is 0 Å². The molecule has 1 N–H and O–H groups in total. The minimum absolute atomic E-state index is 0.469. The summed E-state index contributed by atoms with van der Waals surface area (Å²) in [6.45, 7) is 7.32. The number of aryl methyl sites for hydroxylation is 2. The van der Waals surface area contributed by atoms with Gasteiger partial charge in [0.05, 0.1) is 24.1 Å². The molecule has 2 aromatic rings. The summed E-state index contributed by atoms with van der Waals surface area (Å²) in [5.41, 5.74) is 3.86. The number of nitrogens with zero attached hydrogens (tertiary/aromatic N) is 4. The summed E-state index contributed by atoms with van der Waals surface area (Å²) in [7, 11) is 0. The van der Waals surface area contributed by atoms with Crippen LogP contribution < -0.4 is 0 Å². The highest BCUT2D eigenvalue weighted by Crippen LogP contribution is 2.32. The summed E-state index contributed by atoms with van der Waals surface area (Å²) in [6.07, 6.45) is 9.88. The Labute approximate surface area is 120 Å². The molecule has 0 spiro atoms. The van der Waals surface area contributed by atoms with Crippen LogP contribution in [0, 0.1) is 6.92 Å². The molecular formula is C15H23N5. The molecule has 0 saturated carbocycles. The Bertz CT molecular complexity index is 556. The van der Waals surface area contributed by atoms with E-state index in [1.54, 1.807) is 0 Å². The van der Waals surface area contributed by atoms with Crippen molar-refractivity contribution in [3.05, 3.63) is 35.4 Å². The molecule has 0 bridgehead atoms. The predicted molar refractivity (Wildman–Crippen MR) is 78.2 cm³/mol. The first-order valence-electron chi connectivity index (χ1n) is 7.53. The van der Waals surface area contributed by atoms with Gasteiger partial charge in [0, 0.05) is 24.8 Å². The van der Waals surface area contributed by atoms with E-state index in [1.807, 2.05) is 17.1 Å². The number of likely N-dealkylation sites (tertiary alicyclic amines) is 1. The number of hydrogen-bond donors (Lipinski definition) is 1. The van der Waals surface area contributed by atoms with Gasteiger partial charge in [-0.05, 0) is 38.8 Å². The third-order valence-electron chi connectivity index (χ3n) is 4.21. The first-order chi connectivity index (χ1) is 9.78. The molecule has 1 saturated heterocycles. The molecule has 108 valence electrons. The fourth-order valence-corrected chi connectivity index (χ4v) is 3.10. The van der Waals surface area contributed by atoms with Crippen molar-refractivity contribution in [1.82, 2.24) is 24.9 Å². The quantitative estimate of drug-likeness (QED) is 0.931. The predicted octanol–water partition coefficient (Wildman–Crippen LogP) is 2.66. The average molecular weight is 273 g/mol. The zero-order valence-corrected chi connectivity index (χ0v) is 12.3. The number of aromatic amines is 1. The standard InChI is InChI=1S/C15H23N5/c1-3-20-11-13(9-17-20)10-19-7-5-4-6-14(19)15-12(2)8-16-18-15/h8-9,11,14H,3-7,10H2,1-2H3,(H,16,18). The van der Waals surface area contributed by atoms with Crippen molar-refractivity contribution in [1.29, 1.82) is 0 Å². The minimum atomic E-state index is 0.469. The molecule has 3 heterocycles. The van der Waals surface area contributed by atoms with Crippen molar-refractivity contribution >= 4 is 0 Å². The van der Waals surface area contributed by atoms with Gasteiger partial charge in [0.25, 0.3) is 0 Å². The van der Waals surface area contributed by atoms with Gasteiger partial charge in [0.1, 0.15) is 0 Å². The van der Waals surface area contributed by atoms with E-state index < -0.39 is 0 Å². The van der Waals surface area contributed by atoms with Crippen molar-refractivity contribution < 1.29 is 0 Å². The second kappa shape index (κ2) is 5.79. The number of hydrogen-bond acceptors (Lipinski definition) is 3. The second-order valence-corrected chi connectivity index (χ2v) is 5.65. The van der Waals surface area contributed by atoms with Gasteiger partial charge in [-0.25, -0.2) is 0 Å². The lowest BCUT2D eigenvalue weighted by atomic mass is 9.97. The minimum Gasteiger partial charge on any atom is -0.290 e. The molecule has 1 unspecified atom stereocenters. The maximum absolute atomic E-state index is 4.38. The first-order valence-corrected chi connectivity index (χ1v) is 7.53. The highest BCUT2D eigenvalue weighted by atomic mass is 15.3. The lowest BCUT2D eigenvalue weighted by Crippen LogP contribution is -2.33. The molecule has 20 heavy (non-hydrogen) atoms. The fraction of sp³-hybridized carbons (Fsp3) is 0.600. The van der Waals surface area contributed by atoms with E-state index in [0.717, 1.165) is 19.6 Å². The van der Waals surface area contributed by atoms with Gasteiger partial charge in [-0.1, -0.05) is 6.42 Å². The molecule has 1 aliphatic heterocycles. The Hall–Kier alpha value is -1.62. The Kier molecular flexibility index (Phi) is 3.87. The number of H-pyrrole nitrogens is 1. The fourth-order valence-electron chi connectivity index (χ4n) is 3.10. The lowest BCUT2D eigenvalue weighted by molar-refractivity contribution is 0.136. The van der Waals surface area contributed by atoms with Crippen molar-refractivity contribution in [2.75, 3.05) is 6.54 Å². The number of rotatable bonds is 4. The molecule has 0 aliphatic carbocycles. The zero-order valence-electron chi connectivity index (χ0n) is 12.3. The van der Waals surface area contributed by atoms with E-state index in [0.29, 0.717) is 6.04 Å². The van der Waals surface area contributed by atoms with Gasteiger partial charge in [-0.3, -0.25) is 14.7 Å². The van der Waals surface area contributed by atoms with E-state index in [2.05, 4.69) is 40.2 Å². The van der Waals surface area contributed by atoms with Crippen LogP contribution >= 0.6 is 0 Å². The van der Waals surface area contributed by atoms with Crippen LogP contribution in [-0.2, 0) is 13.1 Å². The maximum Gasteiger partial charge on any atom is 0.0553 e. The normalized spacial score (nSPS) is 20.4. The van der Waals surface area contributed by atoms with Crippen LogP contribution in [0.4, 0.5) is 0 Å². The molecule has 1 atom stereocenters. The monoisotopic (exact) mass is 273 g/mol. The van der Waals surface area contributed by atoms with Crippen LogP contribution in [0.1, 0.15) is 49.0 Å². The van der Waals surface area contributed by atoms with E-state index in [-0.39, 0.29) is 0 Å². The zero-order chi connectivity index (χ0) is 13.9. The summed E-state index contributed by atoms with van der Waals surface area (Å²) in [5, 5.41) is 11.8. The maximum atomic E-state index is 4.38. The van der Waals surface area contributed by atoms with Gasteiger partial charge in [-0.15, -0.1) is 0 Å². The molecule has 0 amide bonds. The summed E-state index contributed by atoms with van der Waals surface area (Å²) >= 11 is 0. The van der Waals surface area contributed by atoms with E-state index >= 15 is 0 Å². The van der Waals surface area contributed by atoms with E-state index in [4.69, 9.17) is 0 Å². The largest absolute Gasteiger partial charge is 0.290 e. The van der Waals surface area contributed by atoms with Crippen LogP contribution in [0.15, 0.2) is 18.6 Å². The van der Waals surface area contributed by atoms with Crippen molar-refractivity contribution in [3.63, 3.8) is 0 Å². The second-order valence-electron chi connectivity index (χ2n) is 5.65. The smallest absolute Gasteiger partial charge is 0.0553 e. The Morgan fingerprint density at radius 2 is 2.25 bits per heavy atom. The van der Waals surface area contributed by atoms with Crippen LogP contribution in [-0.4, -0.2) is 31.4 Å². The summed E-state index contributed by atoms with van der Waals surface area (Å²) in [4.78, 5) is 2.56. The summed E-state index contributed by atoms with van der Waals surface area (Å²) in [6, 6.07) is 0.469. The Morgan fingerprint density at radius 1 is 1.35 bits per heavy atom. The molecule has 1 aliphatic rings. The highest BCUT2D eigenvalue weighted by Gasteiger charge is 2.26. The topological polar surface area (TPSA) is 49.7 Å². The van der Waals surface area contributed by atoms with Gasteiger partial charge < -0.3 is 0 Å². The average Bonchev–Trinajstić information content (AvgIpc) is 3.08. The molecular weight excluding hydrogens is 250 g/mol. The van der Waals surface area contributed by atoms with E-state index in [1.165, 1.54) is 36.1 Å². The molecule has 5 heteroatoms. The van der Waals surface area contributed by atoms with Gasteiger partial charge in [-0.2, -0.15) is 10.2 Å². The third-order valence-corrected chi connectivity index (χ3v) is 4.21.